The predicted molar refractivity (Wildman–Crippen MR) is 63.3 cm³/mol. The van der Waals surface area contributed by atoms with Gasteiger partial charge in [0.1, 0.15) is 0 Å². The molecule has 0 atom stereocenters. The number of nitrogens with two attached hydrogens (primary N) is 1. The van der Waals surface area contributed by atoms with Crippen LogP contribution in [0.25, 0.3) is 0 Å². The lowest BCUT2D eigenvalue weighted by Gasteiger charge is -2.23. The molecule has 0 aromatic heterocycles. The lowest BCUT2D eigenvalue weighted by atomic mass is 10.1. The third-order valence-electron chi connectivity index (χ3n) is 2.41. The summed E-state index contributed by atoms with van der Waals surface area (Å²) in [6.45, 7) is 0.152. The number of rotatable bonds is 4. The standard InChI is InChI=1S/C11H14ClF3N2/c1-17(5-4-11(13,14)15)10-6-9(12)3-2-8(10)7-16/h2-3,6H,4-5,7,16H2,1H3. The molecule has 1 aromatic rings. The Morgan fingerprint density at radius 1 is 1.35 bits per heavy atom. The molecule has 96 valence electrons. The van der Waals surface area contributed by atoms with Crippen molar-refractivity contribution in [1.82, 2.24) is 0 Å². The zero-order valence-electron chi connectivity index (χ0n) is 9.39. The molecule has 0 aliphatic heterocycles. The Kier molecular flexibility index (Phi) is 4.65. The first kappa shape index (κ1) is 14.1. The van der Waals surface area contributed by atoms with Gasteiger partial charge < -0.3 is 10.6 Å². The number of halogens is 4. The number of hydrogen-bond acceptors (Lipinski definition) is 2. The van der Waals surface area contributed by atoms with Crippen molar-refractivity contribution in [3.05, 3.63) is 28.8 Å². The molecule has 0 bridgehead atoms. The van der Waals surface area contributed by atoms with E-state index in [1.807, 2.05) is 0 Å². The highest BCUT2D eigenvalue weighted by Crippen LogP contribution is 2.26. The highest BCUT2D eigenvalue weighted by Gasteiger charge is 2.27. The van der Waals surface area contributed by atoms with Crippen LogP contribution in [0.1, 0.15) is 12.0 Å². The van der Waals surface area contributed by atoms with E-state index in [2.05, 4.69) is 0 Å². The van der Waals surface area contributed by atoms with Crippen molar-refractivity contribution in [2.45, 2.75) is 19.1 Å². The van der Waals surface area contributed by atoms with E-state index in [9.17, 15) is 13.2 Å². The molecule has 17 heavy (non-hydrogen) atoms. The molecule has 2 nitrogen and oxygen atoms in total. The van der Waals surface area contributed by atoms with Gasteiger partial charge in [0.25, 0.3) is 0 Å². The highest BCUT2D eigenvalue weighted by molar-refractivity contribution is 6.30. The topological polar surface area (TPSA) is 29.3 Å². The third-order valence-corrected chi connectivity index (χ3v) is 2.64. The molecule has 0 aliphatic rings. The number of hydrogen-bond donors (Lipinski definition) is 1. The van der Waals surface area contributed by atoms with E-state index in [0.717, 1.165) is 5.56 Å². The van der Waals surface area contributed by atoms with Crippen LogP contribution < -0.4 is 10.6 Å². The lowest BCUT2D eigenvalue weighted by molar-refractivity contribution is -0.132. The van der Waals surface area contributed by atoms with E-state index in [1.165, 1.54) is 4.90 Å². The lowest BCUT2D eigenvalue weighted by Crippen LogP contribution is -2.25. The van der Waals surface area contributed by atoms with Gasteiger partial charge in [-0.25, -0.2) is 0 Å². The van der Waals surface area contributed by atoms with Crippen LogP contribution in [0.4, 0.5) is 18.9 Å². The second-order valence-corrected chi connectivity index (χ2v) is 4.20. The molecule has 2 N–H and O–H groups in total. The number of anilines is 1. The summed E-state index contributed by atoms with van der Waals surface area (Å²) in [6, 6.07) is 5.02. The summed E-state index contributed by atoms with van der Waals surface area (Å²) in [6.07, 6.45) is -5.02. The van der Waals surface area contributed by atoms with Gasteiger partial charge in [0, 0.05) is 30.8 Å². The Morgan fingerprint density at radius 2 is 2.00 bits per heavy atom. The average Bonchev–Trinajstić information content (AvgIpc) is 2.25. The minimum Gasteiger partial charge on any atom is -0.374 e. The summed E-state index contributed by atoms with van der Waals surface area (Å²) in [5, 5.41) is 0.482. The van der Waals surface area contributed by atoms with Crippen molar-refractivity contribution < 1.29 is 13.2 Å². The van der Waals surface area contributed by atoms with Crippen LogP contribution in [-0.4, -0.2) is 19.8 Å². The maximum Gasteiger partial charge on any atom is 0.390 e. The summed E-state index contributed by atoms with van der Waals surface area (Å²) >= 11 is 5.82. The van der Waals surface area contributed by atoms with Crippen LogP contribution in [0.15, 0.2) is 18.2 Å². The van der Waals surface area contributed by atoms with Crippen LogP contribution in [0.3, 0.4) is 0 Å². The van der Waals surface area contributed by atoms with Crippen LogP contribution in [0, 0.1) is 0 Å². The van der Waals surface area contributed by atoms with Gasteiger partial charge >= 0.3 is 6.18 Å². The van der Waals surface area contributed by atoms with Crippen molar-refractivity contribution in [3.63, 3.8) is 0 Å². The second-order valence-electron chi connectivity index (χ2n) is 3.76. The quantitative estimate of drug-likeness (QED) is 0.907. The molecule has 0 saturated heterocycles. The molecular weight excluding hydrogens is 253 g/mol. The van der Waals surface area contributed by atoms with Crippen molar-refractivity contribution in [2.75, 3.05) is 18.5 Å². The van der Waals surface area contributed by atoms with Crippen molar-refractivity contribution in [1.29, 1.82) is 0 Å². The summed E-state index contributed by atoms with van der Waals surface area (Å²) in [4.78, 5) is 1.52. The van der Waals surface area contributed by atoms with Crippen LogP contribution in [0.5, 0.6) is 0 Å². The maximum absolute atomic E-state index is 12.1. The molecule has 6 heteroatoms. The fraction of sp³-hybridized carbons (Fsp3) is 0.455. The fourth-order valence-corrected chi connectivity index (χ4v) is 1.65. The third kappa shape index (κ3) is 4.44. The maximum atomic E-state index is 12.1. The first-order valence-electron chi connectivity index (χ1n) is 5.10. The Morgan fingerprint density at radius 3 is 2.53 bits per heavy atom. The Bertz CT molecular complexity index is 379. The minimum absolute atomic E-state index is 0.114. The molecule has 1 aromatic carbocycles. The van der Waals surface area contributed by atoms with Gasteiger partial charge in [-0.1, -0.05) is 17.7 Å². The smallest absolute Gasteiger partial charge is 0.374 e. The molecule has 0 unspecified atom stereocenters. The Balaban J connectivity index is 2.80. The number of benzene rings is 1. The fourth-order valence-electron chi connectivity index (χ4n) is 1.48. The summed E-state index contributed by atoms with van der Waals surface area (Å²) in [5.74, 6) is 0. The van der Waals surface area contributed by atoms with E-state index in [1.54, 1.807) is 25.2 Å². The highest BCUT2D eigenvalue weighted by atomic mass is 35.5. The van der Waals surface area contributed by atoms with Gasteiger partial charge in [-0.05, 0) is 17.7 Å². The largest absolute Gasteiger partial charge is 0.390 e. The Labute approximate surface area is 103 Å². The van der Waals surface area contributed by atoms with Gasteiger partial charge in [0.2, 0.25) is 0 Å². The first-order valence-corrected chi connectivity index (χ1v) is 5.47. The second kappa shape index (κ2) is 5.60. The van der Waals surface area contributed by atoms with Gasteiger partial charge in [-0.2, -0.15) is 13.2 Å². The molecular formula is C11H14ClF3N2. The molecule has 0 spiro atoms. The predicted octanol–water partition coefficient (Wildman–Crippen LogP) is 3.19. The van der Waals surface area contributed by atoms with Gasteiger partial charge in [-0.3, -0.25) is 0 Å². The number of alkyl halides is 3. The molecule has 1 rings (SSSR count). The molecule has 0 heterocycles. The first-order chi connectivity index (χ1) is 7.83. The summed E-state index contributed by atoms with van der Waals surface area (Å²) in [5.41, 5.74) is 6.95. The molecule has 0 fully saturated rings. The van der Waals surface area contributed by atoms with E-state index in [0.29, 0.717) is 10.7 Å². The van der Waals surface area contributed by atoms with Gasteiger partial charge in [-0.15, -0.1) is 0 Å². The van der Waals surface area contributed by atoms with Crippen molar-refractivity contribution >= 4 is 17.3 Å². The summed E-state index contributed by atoms with van der Waals surface area (Å²) < 4.78 is 36.3. The molecule has 0 radical (unpaired) electrons. The van der Waals surface area contributed by atoms with E-state index >= 15 is 0 Å². The van der Waals surface area contributed by atoms with Crippen molar-refractivity contribution in [2.24, 2.45) is 5.73 Å². The number of nitrogens with zero attached hydrogens (tertiary/aromatic N) is 1. The van der Waals surface area contributed by atoms with Crippen molar-refractivity contribution in [3.8, 4) is 0 Å². The molecule has 0 saturated carbocycles. The molecule has 0 amide bonds. The van der Waals surface area contributed by atoms with Crippen LogP contribution in [-0.2, 0) is 6.54 Å². The van der Waals surface area contributed by atoms with E-state index < -0.39 is 12.6 Å². The van der Waals surface area contributed by atoms with Gasteiger partial charge in [0.15, 0.2) is 0 Å². The molecule has 0 aliphatic carbocycles. The summed E-state index contributed by atoms with van der Waals surface area (Å²) in [7, 11) is 1.59. The van der Waals surface area contributed by atoms with Crippen LogP contribution in [0.2, 0.25) is 5.02 Å². The average molecular weight is 267 g/mol. The monoisotopic (exact) mass is 266 g/mol. The van der Waals surface area contributed by atoms with E-state index in [-0.39, 0.29) is 13.1 Å². The minimum atomic E-state index is -4.16. The van der Waals surface area contributed by atoms with E-state index in [4.69, 9.17) is 17.3 Å². The SMILES string of the molecule is CN(CCC(F)(F)F)c1cc(Cl)ccc1CN. The van der Waals surface area contributed by atoms with Crippen LogP contribution >= 0.6 is 11.6 Å². The zero-order valence-corrected chi connectivity index (χ0v) is 10.1. The zero-order chi connectivity index (χ0) is 13.1. The van der Waals surface area contributed by atoms with Gasteiger partial charge in [0.05, 0.1) is 6.42 Å². The Hall–Kier alpha value is -0.940. The normalized spacial score (nSPS) is 11.6.